The van der Waals surface area contributed by atoms with Gasteiger partial charge in [0.15, 0.2) is 0 Å². The van der Waals surface area contributed by atoms with Crippen LogP contribution in [0.15, 0.2) is 12.4 Å². The monoisotopic (exact) mass is 152 g/mol. The van der Waals surface area contributed by atoms with Gasteiger partial charge in [0.25, 0.3) is 0 Å². The molecule has 11 heavy (non-hydrogen) atoms. The van der Waals surface area contributed by atoms with Gasteiger partial charge in [0.2, 0.25) is 0 Å². The van der Waals surface area contributed by atoms with Gasteiger partial charge in [0.05, 0.1) is 18.1 Å². The van der Waals surface area contributed by atoms with E-state index in [2.05, 4.69) is 15.3 Å². The molecule has 0 aromatic carbocycles. The smallest absolute Gasteiger partial charge is 0.144 e. The van der Waals surface area contributed by atoms with Crippen molar-refractivity contribution in [3.63, 3.8) is 0 Å². The summed E-state index contributed by atoms with van der Waals surface area (Å²) in [5.41, 5.74) is 6.16. The summed E-state index contributed by atoms with van der Waals surface area (Å²) in [4.78, 5) is 8.15. The van der Waals surface area contributed by atoms with E-state index in [-0.39, 0.29) is 0 Å². The highest BCUT2D eigenvalue weighted by Crippen LogP contribution is 1.98. The summed E-state index contributed by atoms with van der Waals surface area (Å²) in [5.74, 6) is 0.796. The van der Waals surface area contributed by atoms with Crippen LogP contribution in [0, 0.1) is 0 Å². The molecule has 0 radical (unpaired) electrons. The molecule has 0 spiro atoms. The summed E-state index contributed by atoms with van der Waals surface area (Å²) >= 11 is 0. The predicted molar refractivity (Wildman–Crippen MR) is 44.1 cm³/mol. The lowest BCUT2D eigenvalue weighted by molar-refractivity contribution is 0.960. The van der Waals surface area contributed by atoms with Crippen LogP contribution in [0.3, 0.4) is 0 Å². The van der Waals surface area contributed by atoms with Gasteiger partial charge in [-0.1, -0.05) is 0 Å². The summed E-state index contributed by atoms with van der Waals surface area (Å²) in [7, 11) is 0. The number of nitrogens with zero attached hydrogens (tertiary/aromatic N) is 2. The van der Waals surface area contributed by atoms with Gasteiger partial charge in [0, 0.05) is 13.1 Å². The van der Waals surface area contributed by atoms with Crippen molar-refractivity contribution in [2.45, 2.75) is 13.5 Å². The summed E-state index contributed by atoms with van der Waals surface area (Å²) in [6.45, 7) is 3.31. The van der Waals surface area contributed by atoms with Crippen LogP contribution in [0.2, 0.25) is 0 Å². The minimum Gasteiger partial charge on any atom is -0.369 e. The fourth-order valence-corrected chi connectivity index (χ4v) is 0.733. The number of aromatic nitrogens is 2. The van der Waals surface area contributed by atoms with Crippen LogP contribution in [-0.2, 0) is 6.54 Å². The van der Waals surface area contributed by atoms with Crippen molar-refractivity contribution in [3.8, 4) is 0 Å². The first-order chi connectivity index (χ1) is 5.36. The van der Waals surface area contributed by atoms with Gasteiger partial charge in [-0.2, -0.15) is 0 Å². The van der Waals surface area contributed by atoms with E-state index in [4.69, 9.17) is 5.73 Å². The number of nitrogens with two attached hydrogens (primary N) is 1. The van der Waals surface area contributed by atoms with Crippen molar-refractivity contribution in [1.82, 2.24) is 9.97 Å². The average Bonchev–Trinajstić information content (AvgIpc) is 2.07. The van der Waals surface area contributed by atoms with Crippen molar-refractivity contribution < 1.29 is 0 Å². The average molecular weight is 152 g/mol. The second-order valence-corrected chi connectivity index (χ2v) is 2.13. The van der Waals surface area contributed by atoms with Crippen molar-refractivity contribution in [2.24, 2.45) is 5.73 Å². The summed E-state index contributed by atoms with van der Waals surface area (Å²) in [5, 5.41) is 3.04. The Hall–Kier alpha value is -1.16. The first-order valence-electron chi connectivity index (χ1n) is 3.61. The Morgan fingerprint density at radius 1 is 1.45 bits per heavy atom. The Balaban J connectivity index is 2.66. The van der Waals surface area contributed by atoms with Crippen molar-refractivity contribution in [3.05, 3.63) is 18.1 Å². The highest BCUT2D eigenvalue weighted by atomic mass is 15.0. The first kappa shape index (κ1) is 7.94. The molecule has 3 N–H and O–H groups in total. The van der Waals surface area contributed by atoms with E-state index in [0.717, 1.165) is 18.1 Å². The summed E-state index contributed by atoms with van der Waals surface area (Å²) in [6, 6.07) is 0. The summed E-state index contributed by atoms with van der Waals surface area (Å²) < 4.78 is 0. The molecule has 0 saturated heterocycles. The second-order valence-electron chi connectivity index (χ2n) is 2.13. The molecule has 4 heteroatoms. The lowest BCUT2D eigenvalue weighted by atomic mass is 10.4. The van der Waals surface area contributed by atoms with Crippen molar-refractivity contribution in [1.29, 1.82) is 0 Å². The normalized spacial score (nSPS) is 9.64. The third-order valence-electron chi connectivity index (χ3n) is 1.27. The Morgan fingerprint density at radius 2 is 2.27 bits per heavy atom. The molecule has 0 aliphatic heterocycles. The molecule has 4 nitrogen and oxygen atoms in total. The van der Waals surface area contributed by atoms with E-state index in [9.17, 15) is 0 Å². The molecule has 1 rings (SSSR count). The summed E-state index contributed by atoms with van der Waals surface area (Å²) in [6.07, 6.45) is 3.36. The molecule has 1 heterocycles. The van der Waals surface area contributed by atoms with E-state index >= 15 is 0 Å². The lowest BCUT2D eigenvalue weighted by Crippen LogP contribution is -2.03. The van der Waals surface area contributed by atoms with Crippen LogP contribution < -0.4 is 11.1 Å². The van der Waals surface area contributed by atoms with Crippen LogP contribution in [0.25, 0.3) is 0 Å². The SMILES string of the molecule is CCNc1cnc(CN)cn1. The van der Waals surface area contributed by atoms with Gasteiger partial charge in [0.1, 0.15) is 5.82 Å². The fourth-order valence-electron chi connectivity index (χ4n) is 0.733. The van der Waals surface area contributed by atoms with E-state index < -0.39 is 0 Å². The number of nitrogens with one attached hydrogen (secondary N) is 1. The quantitative estimate of drug-likeness (QED) is 0.656. The number of hydrogen-bond donors (Lipinski definition) is 2. The Morgan fingerprint density at radius 3 is 2.73 bits per heavy atom. The van der Waals surface area contributed by atoms with Gasteiger partial charge in [-0.25, -0.2) is 4.98 Å². The molecule has 0 saturated carbocycles. The molecule has 1 aromatic rings. The maximum absolute atomic E-state index is 5.35. The van der Waals surface area contributed by atoms with Gasteiger partial charge in [-0.15, -0.1) is 0 Å². The zero-order valence-electron chi connectivity index (χ0n) is 6.54. The molecule has 60 valence electrons. The standard InChI is InChI=1S/C7H12N4/c1-2-9-7-5-10-6(3-8)4-11-7/h4-5H,2-3,8H2,1H3,(H,9,11). The van der Waals surface area contributed by atoms with Gasteiger partial charge < -0.3 is 11.1 Å². The predicted octanol–water partition coefficient (Wildman–Crippen LogP) is 0.367. The van der Waals surface area contributed by atoms with Gasteiger partial charge in [-0.3, -0.25) is 4.98 Å². The highest BCUT2D eigenvalue weighted by Gasteiger charge is 1.92. The Kier molecular flexibility index (Phi) is 2.80. The van der Waals surface area contributed by atoms with Crippen LogP contribution in [0.1, 0.15) is 12.6 Å². The maximum Gasteiger partial charge on any atom is 0.144 e. The van der Waals surface area contributed by atoms with Crippen LogP contribution >= 0.6 is 0 Å². The molecule has 0 amide bonds. The Bertz CT molecular complexity index is 206. The molecular formula is C7H12N4. The molecule has 1 aromatic heterocycles. The van der Waals surface area contributed by atoms with Crippen LogP contribution in [0.4, 0.5) is 5.82 Å². The van der Waals surface area contributed by atoms with Gasteiger partial charge in [-0.05, 0) is 6.92 Å². The maximum atomic E-state index is 5.35. The highest BCUT2D eigenvalue weighted by molar-refractivity contribution is 5.30. The largest absolute Gasteiger partial charge is 0.369 e. The van der Waals surface area contributed by atoms with Crippen LogP contribution in [0.5, 0.6) is 0 Å². The number of hydrogen-bond acceptors (Lipinski definition) is 4. The zero-order chi connectivity index (χ0) is 8.10. The topological polar surface area (TPSA) is 63.8 Å². The van der Waals surface area contributed by atoms with Crippen molar-refractivity contribution in [2.75, 3.05) is 11.9 Å². The molecule has 0 aliphatic rings. The molecule has 0 aliphatic carbocycles. The number of anilines is 1. The third kappa shape index (κ3) is 2.16. The second kappa shape index (κ2) is 3.88. The van der Waals surface area contributed by atoms with E-state index in [1.165, 1.54) is 0 Å². The minimum atomic E-state index is 0.444. The van der Waals surface area contributed by atoms with Crippen molar-refractivity contribution >= 4 is 5.82 Å². The first-order valence-corrected chi connectivity index (χ1v) is 3.61. The third-order valence-corrected chi connectivity index (χ3v) is 1.27. The molecule has 0 fully saturated rings. The van der Waals surface area contributed by atoms with Gasteiger partial charge >= 0.3 is 0 Å². The molecule has 0 unspecified atom stereocenters. The Labute approximate surface area is 65.9 Å². The molecular weight excluding hydrogens is 140 g/mol. The fraction of sp³-hybridized carbons (Fsp3) is 0.429. The number of rotatable bonds is 3. The van der Waals surface area contributed by atoms with E-state index in [0.29, 0.717) is 6.54 Å². The molecule has 0 bridgehead atoms. The molecule has 0 atom stereocenters. The minimum absolute atomic E-state index is 0.444. The van der Waals surface area contributed by atoms with E-state index in [1.807, 2.05) is 6.92 Å². The van der Waals surface area contributed by atoms with Crippen LogP contribution in [-0.4, -0.2) is 16.5 Å². The zero-order valence-corrected chi connectivity index (χ0v) is 6.54. The van der Waals surface area contributed by atoms with E-state index in [1.54, 1.807) is 12.4 Å². The lowest BCUT2D eigenvalue weighted by Gasteiger charge is -2.00.